The Morgan fingerprint density at radius 1 is 1.32 bits per heavy atom. The van der Waals surface area contributed by atoms with Crippen LogP contribution in [0.3, 0.4) is 0 Å². The molecule has 0 saturated carbocycles. The van der Waals surface area contributed by atoms with Crippen molar-refractivity contribution in [1.82, 2.24) is 4.90 Å². The molecule has 0 radical (unpaired) electrons. The summed E-state index contributed by atoms with van der Waals surface area (Å²) in [4.78, 5) is 25.0. The minimum absolute atomic E-state index is 0.0222. The molecule has 22 heavy (non-hydrogen) atoms. The third-order valence-corrected chi connectivity index (χ3v) is 4.56. The molecular weight excluding hydrogens is 302 g/mol. The summed E-state index contributed by atoms with van der Waals surface area (Å²) in [7, 11) is 0. The topological polar surface area (TPSA) is 57.6 Å². The fraction of sp³-hybridized carbons (Fsp3) is 0.529. The van der Waals surface area contributed by atoms with Crippen molar-refractivity contribution in [2.24, 2.45) is 5.92 Å². The summed E-state index contributed by atoms with van der Waals surface area (Å²) in [5, 5.41) is 9.45. The molecule has 1 aliphatic rings. The van der Waals surface area contributed by atoms with Crippen LogP contribution in [0.5, 0.6) is 0 Å². The number of hydrogen-bond acceptors (Lipinski definition) is 2. The minimum atomic E-state index is -0.763. The van der Waals surface area contributed by atoms with Gasteiger partial charge in [-0.15, -0.1) is 0 Å². The van der Waals surface area contributed by atoms with E-state index in [0.29, 0.717) is 29.6 Å². The number of carbonyl (C=O) groups is 2. The van der Waals surface area contributed by atoms with Crippen LogP contribution >= 0.6 is 11.6 Å². The Kier molecular flexibility index (Phi) is 5.46. The number of amides is 1. The maximum atomic E-state index is 12.5. The maximum Gasteiger partial charge on any atom is 0.303 e. The van der Waals surface area contributed by atoms with Crippen molar-refractivity contribution in [1.29, 1.82) is 0 Å². The zero-order chi connectivity index (χ0) is 16.3. The molecule has 2 rings (SSSR count). The number of nitrogens with zero attached hydrogens (tertiary/aromatic N) is 1. The summed E-state index contributed by atoms with van der Waals surface area (Å²) in [6.45, 7) is 5.35. The smallest absolute Gasteiger partial charge is 0.303 e. The van der Waals surface area contributed by atoms with E-state index in [9.17, 15) is 9.59 Å². The number of carboxylic acids is 1. The predicted octanol–water partition coefficient (Wildman–Crippen LogP) is 3.79. The molecule has 0 spiro atoms. The first-order valence-electron chi connectivity index (χ1n) is 7.69. The highest BCUT2D eigenvalue weighted by atomic mass is 35.5. The molecule has 1 fully saturated rings. The molecule has 1 amide bonds. The molecule has 0 atom stereocenters. The lowest BCUT2D eigenvalue weighted by Gasteiger charge is -2.31. The van der Waals surface area contributed by atoms with Gasteiger partial charge in [0.25, 0.3) is 5.91 Å². The second-order valence-electron chi connectivity index (χ2n) is 6.22. The summed E-state index contributed by atoms with van der Waals surface area (Å²) < 4.78 is 0. The zero-order valence-electron chi connectivity index (χ0n) is 13.0. The molecule has 1 aliphatic heterocycles. The Morgan fingerprint density at radius 3 is 2.45 bits per heavy atom. The Hall–Kier alpha value is -1.55. The first kappa shape index (κ1) is 16.8. The molecule has 1 N–H and O–H groups in total. The van der Waals surface area contributed by atoms with Crippen LogP contribution in [0.2, 0.25) is 5.02 Å². The largest absolute Gasteiger partial charge is 0.481 e. The Labute approximate surface area is 136 Å². The van der Waals surface area contributed by atoms with Gasteiger partial charge in [0.2, 0.25) is 0 Å². The molecule has 0 aromatic heterocycles. The highest BCUT2D eigenvalue weighted by Crippen LogP contribution is 2.27. The number of hydrogen-bond donors (Lipinski definition) is 1. The number of aliphatic carboxylic acids is 1. The molecule has 1 heterocycles. The van der Waals surface area contributed by atoms with Crippen LogP contribution in [0.15, 0.2) is 18.2 Å². The predicted molar refractivity (Wildman–Crippen MR) is 86.4 cm³/mol. The van der Waals surface area contributed by atoms with Crippen LogP contribution in [0.4, 0.5) is 0 Å². The van der Waals surface area contributed by atoms with E-state index < -0.39 is 5.97 Å². The third kappa shape index (κ3) is 4.01. The van der Waals surface area contributed by atoms with Gasteiger partial charge in [-0.05, 0) is 42.4 Å². The van der Waals surface area contributed by atoms with Gasteiger partial charge in [0.1, 0.15) is 0 Å². The Morgan fingerprint density at radius 2 is 1.95 bits per heavy atom. The number of rotatable bonds is 4. The summed E-state index contributed by atoms with van der Waals surface area (Å²) in [5.41, 5.74) is 1.64. The van der Waals surface area contributed by atoms with Crippen LogP contribution in [-0.2, 0) is 4.79 Å². The van der Waals surface area contributed by atoms with E-state index in [-0.39, 0.29) is 18.2 Å². The molecule has 4 nitrogen and oxygen atoms in total. The standard InChI is InChI=1S/C17H22ClNO3/c1-11(2)14-4-3-13(10-15(14)18)17(22)19-7-5-12(6-8-19)9-16(20)21/h3-4,10-12H,5-9H2,1-2H3,(H,20,21). The highest BCUT2D eigenvalue weighted by Gasteiger charge is 2.25. The number of benzene rings is 1. The van der Waals surface area contributed by atoms with Crippen molar-refractivity contribution in [3.05, 3.63) is 34.3 Å². The summed E-state index contributed by atoms with van der Waals surface area (Å²) in [6, 6.07) is 5.48. The Balaban J connectivity index is 2.01. The van der Waals surface area contributed by atoms with E-state index in [0.717, 1.165) is 18.4 Å². The molecular formula is C17H22ClNO3. The average Bonchev–Trinajstić information content (AvgIpc) is 2.46. The van der Waals surface area contributed by atoms with E-state index in [2.05, 4.69) is 13.8 Å². The molecule has 1 saturated heterocycles. The molecule has 0 aliphatic carbocycles. The van der Waals surface area contributed by atoms with E-state index in [1.54, 1.807) is 11.0 Å². The average molecular weight is 324 g/mol. The SMILES string of the molecule is CC(C)c1ccc(C(=O)N2CCC(CC(=O)O)CC2)cc1Cl. The van der Waals surface area contributed by atoms with Gasteiger partial charge in [-0.2, -0.15) is 0 Å². The molecule has 1 aromatic rings. The summed E-state index contributed by atoms with van der Waals surface area (Å²) in [5.74, 6) is -0.288. The Bertz CT molecular complexity index is 563. The lowest BCUT2D eigenvalue weighted by Crippen LogP contribution is -2.38. The lowest BCUT2D eigenvalue weighted by atomic mass is 9.93. The van der Waals surface area contributed by atoms with Crippen LogP contribution in [0, 0.1) is 5.92 Å². The number of carboxylic acid groups (broad SMARTS) is 1. The van der Waals surface area contributed by atoms with Crippen LogP contribution < -0.4 is 0 Å². The van der Waals surface area contributed by atoms with Crippen molar-refractivity contribution in [3.63, 3.8) is 0 Å². The molecule has 120 valence electrons. The van der Waals surface area contributed by atoms with Crippen LogP contribution in [0.25, 0.3) is 0 Å². The minimum Gasteiger partial charge on any atom is -0.481 e. The number of halogens is 1. The molecule has 0 unspecified atom stereocenters. The second kappa shape index (κ2) is 7.14. The fourth-order valence-corrected chi connectivity index (χ4v) is 3.30. The van der Waals surface area contributed by atoms with Crippen LogP contribution in [-0.4, -0.2) is 35.0 Å². The first-order valence-corrected chi connectivity index (χ1v) is 8.06. The zero-order valence-corrected chi connectivity index (χ0v) is 13.8. The maximum absolute atomic E-state index is 12.5. The third-order valence-electron chi connectivity index (χ3n) is 4.23. The summed E-state index contributed by atoms with van der Waals surface area (Å²) in [6.07, 6.45) is 1.68. The van der Waals surface area contributed by atoms with Crippen molar-refractivity contribution >= 4 is 23.5 Å². The highest BCUT2D eigenvalue weighted by molar-refractivity contribution is 6.31. The van der Waals surface area contributed by atoms with Crippen molar-refractivity contribution in [2.75, 3.05) is 13.1 Å². The second-order valence-corrected chi connectivity index (χ2v) is 6.63. The number of likely N-dealkylation sites (tertiary alicyclic amines) is 1. The van der Waals surface area contributed by atoms with Gasteiger partial charge in [0, 0.05) is 30.1 Å². The van der Waals surface area contributed by atoms with Crippen molar-refractivity contribution in [3.8, 4) is 0 Å². The van der Waals surface area contributed by atoms with Gasteiger partial charge < -0.3 is 10.0 Å². The fourth-order valence-electron chi connectivity index (χ4n) is 2.90. The number of piperidine rings is 1. The van der Waals surface area contributed by atoms with E-state index in [1.807, 2.05) is 12.1 Å². The first-order chi connectivity index (χ1) is 10.4. The van der Waals surface area contributed by atoms with E-state index in [1.165, 1.54) is 0 Å². The molecule has 0 bridgehead atoms. The molecule has 5 heteroatoms. The quantitative estimate of drug-likeness (QED) is 0.917. The van der Waals surface area contributed by atoms with Gasteiger partial charge in [-0.1, -0.05) is 31.5 Å². The monoisotopic (exact) mass is 323 g/mol. The van der Waals surface area contributed by atoms with Gasteiger partial charge >= 0.3 is 5.97 Å². The summed E-state index contributed by atoms with van der Waals surface area (Å²) >= 11 is 6.25. The number of carbonyl (C=O) groups excluding carboxylic acids is 1. The van der Waals surface area contributed by atoms with Gasteiger partial charge in [0.05, 0.1) is 0 Å². The van der Waals surface area contributed by atoms with Gasteiger partial charge in [0.15, 0.2) is 0 Å². The van der Waals surface area contributed by atoms with E-state index >= 15 is 0 Å². The van der Waals surface area contributed by atoms with Crippen molar-refractivity contribution < 1.29 is 14.7 Å². The van der Waals surface area contributed by atoms with Gasteiger partial charge in [-0.3, -0.25) is 9.59 Å². The normalized spacial score (nSPS) is 16.1. The van der Waals surface area contributed by atoms with Gasteiger partial charge in [-0.25, -0.2) is 0 Å². The molecule has 1 aromatic carbocycles. The van der Waals surface area contributed by atoms with E-state index in [4.69, 9.17) is 16.7 Å². The van der Waals surface area contributed by atoms with Crippen molar-refractivity contribution in [2.45, 2.75) is 39.0 Å². The van der Waals surface area contributed by atoms with Crippen LogP contribution in [0.1, 0.15) is 54.9 Å². The lowest BCUT2D eigenvalue weighted by molar-refractivity contribution is -0.138.